The highest BCUT2D eigenvalue weighted by molar-refractivity contribution is 5.65. The number of anilines is 3. The van der Waals surface area contributed by atoms with Crippen LogP contribution in [-0.4, -0.2) is 57.6 Å². The number of aromatic nitrogens is 5. The van der Waals surface area contributed by atoms with Crippen molar-refractivity contribution in [1.82, 2.24) is 25.1 Å². The highest BCUT2D eigenvalue weighted by Gasteiger charge is 2.24. The Kier molecular flexibility index (Phi) is 5.66. The summed E-state index contributed by atoms with van der Waals surface area (Å²) in [6.45, 7) is 5.39. The molecule has 0 amide bonds. The Morgan fingerprint density at radius 2 is 1.80 bits per heavy atom. The molecule has 1 saturated heterocycles. The molecule has 0 spiro atoms. The molecule has 3 aromatic heterocycles. The van der Waals surface area contributed by atoms with Crippen LogP contribution in [0, 0.1) is 5.82 Å². The predicted molar refractivity (Wildman–Crippen MR) is 109 cm³/mol. The lowest BCUT2D eigenvalue weighted by Gasteiger charge is -2.36. The van der Waals surface area contributed by atoms with Crippen molar-refractivity contribution >= 4 is 17.3 Å². The Bertz CT molecular complexity index is 1010. The second kappa shape index (κ2) is 8.54. The molecule has 1 aliphatic rings. The van der Waals surface area contributed by atoms with E-state index in [4.69, 9.17) is 9.47 Å². The third-order valence-corrected chi connectivity index (χ3v) is 4.62. The van der Waals surface area contributed by atoms with Crippen LogP contribution in [0.25, 0.3) is 11.4 Å². The topological polar surface area (TPSA) is 98.2 Å². The highest BCUT2D eigenvalue weighted by Crippen LogP contribution is 2.26. The van der Waals surface area contributed by atoms with E-state index in [1.807, 2.05) is 13.8 Å². The van der Waals surface area contributed by atoms with Crippen LogP contribution in [0.5, 0.6) is 5.75 Å². The SMILES string of the molecule is COc1cnc(-c2cnnc(Nc3cc(N4C[C@@H](C)O[C@@H](C)C4)ncc3F)c2)nc1. The molecule has 2 atom stereocenters. The monoisotopic (exact) mass is 411 g/mol. The zero-order valence-corrected chi connectivity index (χ0v) is 16.9. The quantitative estimate of drug-likeness (QED) is 0.679. The molecule has 0 radical (unpaired) electrons. The Balaban J connectivity index is 1.56. The summed E-state index contributed by atoms with van der Waals surface area (Å²) in [5, 5.41) is 11.0. The molecule has 0 unspecified atom stereocenters. The fourth-order valence-corrected chi connectivity index (χ4v) is 3.32. The van der Waals surface area contributed by atoms with E-state index in [1.165, 1.54) is 12.4 Å². The van der Waals surface area contributed by atoms with Crippen molar-refractivity contribution in [3.05, 3.63) is 42.7 Å². The summed E-state index contributed by atoms with van der Waals surface area (Å²) >= 11 is 0. The third kappa shape index (κ3) is 4.43. The number of ether oxygens (including phenoxy) is 2. The van der Waals surface area contributed by atoms with Gasteiger partial charge in [0.2, 0.25) is 0 Å². The Morgan fingerprint density at radius 3 is 2.50 bits per heavy atom. The molecular weight excluding hydrogens is 389 g/mol. The molecule has 4 rings (SSSR count). The van der Waals surface area contributed by atoms with Crippen molar-refractivity contribution in [2.75, 3.05) is 30.4 Å². The van der Waals surface area contributed by atoms with Gasteiger partial charge in [-0.3, -0.25) is 0 Å². The van der Waals surface area contributed by atoms with Gasteiger partial charge < -0.3 is 19.7 Å². The lowest BCUT2D eigenvalue weighted by atomic mass is 10.2. The Labute approximate surface area is 173 Å². The fraction of sp³-hybridized carbons (Fsp3) is 0.350. The van der Waals surface area contributed by atoms with Gasteiger partial charge in [0.25, 0.3) is 0 Å². The van der Waals surface area contributed by atoms with Gasteiger partial charge in [-0.25, -0.2) is 19.3 Å². The van der Waals surface area contributed by atoms with Crippen LogP contribution < -0.4 is 15.0 Å². The van der Waals surface area contributed by atoms with E-state index in [1.54, 1.807) is 31.6 Å². The first-order valence-corrected chi connectivity index (χ1v) is 9.54. The summed E-state index contributed by atoms with van der Waals surface area (Å²) in [4.78, 5) is 14.8. The normalized spacial score (nSPS) is 18.9. The third-order valence-electron chi connectivity index (χ3n) is 4.62. The summed E-state index contributed by atoms with van der Waals surface area (Å²) in [6, 6.07) is 3.37. The summed E-state index contributed by atoms with van der Waals surface area (Å²) in [6.07, 6.45) is 6.02. The van der Waals surface area contributed by atoms with Crippen LogP contribution in [0.1, 0.15) is 13.8 Å². The molecule has 156 valence electrons. The maximum Gasteiger partial charge on any atom is 0.165 e. The minimum absolute atomic E-state index is 0.0732. The minimum Gasteiger partial charge on any atom is -0.494 e. The zero-order valence-electron chi connectivity index (χ0n) is 16.9. The van der Waals surface area contributed by atoms with Crippen LogP contribution in [0.2, 0.25) is 0 Å². The highest BCUT2D eigenvalue weighted by atomic mass is 19.1. The summed E-state index contributed by atoms with van der Waals surface area (Å²) < 4.78 is 25.3. The lowest BCUT2D eigenvalue weighted by molar-refractivity contribution is -0.00546. The van der Waals surface area contributed by atoms with Gasteiger partial charge >= 0.3 is 0 Å². The molecule has 0 aromatic carbocycles. The smallest absolute Gasteiger partial charge is 0.165 e. The van der Waals surface area contributed by atoms with Crippen molar-refractivity contribution < 1.29 is 13.9 Å². The van der Waals surface area contributed by atoms with Gasteiger partial charge in [-0.15, -0.1) is 5.10 Å². The standard InChI is InChI=1S/C20H22FN7O2/c1-12-10-28(11-13(2)30-12)19-5-17(16(21)9-22-19)26-18-4-14(6-25-27-18)20-23-7-15(29-3)8-24-20/h4-9,12-13H,10-11H2,1-3H3,(H,22,26,27)/t12-,13+. The molecule has 0 aliphatic carbocycles. The second-order valence-electron chi connectivity index (χ2n) is 7.09. The average molecular weight is 411 g/mol. The number of nitrogens with one attached hydrogen (secondary N) is 1. The van der Waals surface area contributed by atoms with Crippen LogP contribution in [0.15, 0.2) is 36.9 Å². The van der Waals surface area contributed by atoms with E-state index in [-0.39, 0.29) is 17.9 Å². The minimum atomic E-state index is -0.485. The largest absolute Gasteiger partial charge is 0.494 e. The van der Waals surface area contributed by atoms with E-state index in [9.17, 15) is 4.39 Å². The molecule has 1 fully saturated rings. The lowest BCUT2D eigenvalue weighted by Crippen LogP contribution is -2.45. The summed E-state index contributed by atoms with van der Waals surface area (Å²) in [5.41, 5.74) is 0.898. The number of hydrogen-bond acceptors (Lipinski definition) is 9. The maximum atomic E-state index is 14.4. The summed E-state index contributed by atoms with van der Waals surface area (Å²) in [5.74, 6) is 1.56. The van der Waals surface area contributed by atoms with Crippen LogP contribution >= 0.6 is 0 Å². The molecule has 4 heterocycles. The van der Waals surface area contributed by atoms with Crippen LogP contribution in [0.3, 0.4) is 0 Å². The van der Waals surface area contributed by atoms with Gasteiger partial charge in [0.1, 0.15) is 5.82 Å². The van der Waals surface area contributed by atoms with Crippen LogP contribution in [-0.2, 0) is 4.74 Å². The van der Waals surface area contributed by atoms with Gasteiger partial charge in [-0.05, 0) is 19.9 Å². The molecule has 1 N–H and O–H groups in total. The van der Waals surface area contributed by atoms with Gasteiger partial charge in [0.15, 0.2) is 23.2 Å². The van der Waals surface area contributed by atoms with Crippen LogP contribution in [0.4, 0.5) is 21.7 Å². The van der Waals surface area contributed by atoms with Gasteiger partial charge in [0.05, 0.1) is 49.8 Å². The van der Waals surface area contributed by atoms with Crippen molar-refractivity contribution in [3.8, 4) is 17.1 Å². The number of hydrogen-bond donors (Lipinski definition) is 1. The van der Waals surface area contributed by atoms with E-state index >= 15 is 0 Å². The molecule has 30 heavy (non-hydrogen) atoms. The van der Waals surface area contributed by atoms with Crippen molar-refractivity contribution in [1.29, 1.82) is 0 Å². The number of methoxy groups -OCH3 is 1. The van der Waals surface area contributed by atoms with Crippen molar-refractivity contribution in [2.24, 2.45) is 0 Å². The second-order valence-corrected chi connectivity index (χ2v) is 7.09. The van der Waals surface area contributed by atoms with Gasteiger partial charge in [0, 0.05) is 24.7 Å². The molecule has 10 heteroatoms. The van der Waals surface area contributed by atoms with E-state index < -0.39 is 5.82 Å². The van der Waals surface area contributed by atoms with Gasteiger partial charge in [-0.2, -0.15) is 5.10 Å². The molecule has 9 nitrogen and oxygen atoms in total. The van der Waals surface area contributed by atoms with Gasteiger partial charge in [-0.1, -0.05) is 0 Å². The Hall–Kier alpha value is -3.40. The number of halogens is 1. The maximum absolute atomic E-state index is 14.4. The average Bonchev–Trinajstić information content (AvgIpc) is 2.75. The fourth-order valence-electron chi connectivity index (χ4n) is 3.32. The molecule has 0 bridgehead atoms. The summed E-state index contributed by atoms with van der Waals surface area (Å²) in [7, 11) is 1.55. The number of pyridine rings is 1. The van der Waals surface area contributed by atoms with E-state index in [2.05, 4.69) is 35.4 Å². The molecule has 3 aromatic rings. The van der Waals surface area contributed by atoms with E-state index in [0.717, 1.165) is 0 Å². The number of morpholine rings is 1. The van der Waals surface area contributed by atoms with E-state index in [0.29, 0.717) is 41.9 Å². The zero-order chi connectivity index (χ0) is 21.1. The molecular formula is C20H22FN7O2. The molecule has 1 aliphatic heterocycles. The molecule has 0 saturated carbocycles. The van der Waals surface area contributed by atoms with Crippen molar-refractivity contribution in [2.45, 2.75) is 26.1 Å². The first-order valence-electron chi connectivity index (χ1n) is 9.54. The predicted octanol–water partition coefficient (Wildman–Crippen LogP) is 2.83. The number of rotatable bonds is 5. The first kappa shape index (κ1) is 19.9. The van der Waals surface area contributed by atoms with Crippen molar-refractivity contribution in [3.63, 3.8) is 0 Å². The Morgan fingerprint density at radius 1 is 1.07 bits per heavy atom. The number of nitrogens with zero attached hydrogens (tertiary/aromatic N) is 6. The first-order chi connectivity index (χ1) is 14.5.